The number of carboxylic acid groups (broad SMARTS) is 1. The first-order chi connectivity index (χ1) is 12.5. The van der Waals surface area contributed by atoms with Crippen LogP contribution in [0.4, 0.5) is 11.4 Å². The van der Waals surface area contributed by atoms with E-state index in [0.717, 1.165) is 0 Å². The number of hydrogen-bond donors (Lipinski definition) is 2. The third-order valence-electron chi connectivity index (χ3n) is 4.30. The zero-order chi connectivity index (χ0) is 18.7. The maximum absolute atomic E-state index is 12.1. The summed E-state index contributed by atoms with van der Waals surface area (Å²) in [6.07, 6.45) is 0. The van der Waals surface area contributed by atoms with E-state index in [1.165, 1.54) is 24.3 Å². The summed E-state index contributed by atoms with van der Waals surface area (Å²) < 4.78 is 0. The molecule has 2 heterocycles. The zero-order valence-corrected chi connectivity index (χ0v) is 15.1. The summed E-state index contributed by atoms with van der Waals surface area (Å²) in [7, 11) is 0. The minimum atomic E-state index is -1.05. The maximum atomic E-state index is 12.1. The third-order valence-corrected chi connectivity index (χ3v) is 5.16. The standard InChI is InChI=1S/C18H19N3O4S/c1-12(22)20-6-8-21(9-7-20)15-5-4-13(11-14(15)18(24)25)19-17(23)16-3-2-10-26-16/h2-5,10-11H,6-9H2,1H3,(H,19,23)(H,24,25). The van der Waals surface area contributed by atoms with Gasteiger partial charge in [-0.2, -0.15) is 0 Å². The zero-order valence-electron chi connectivity index (χ0n) is 14.3. The number of hydrogen-bond acceptors (Lipinski definition) is 5. The summed E-state index contributed by atoms with van der Waals surface area (Å²) in [5.41, 5.74) is 1.16. The molecule has 136 valence electrons. The molecule has 1 aromatic carbocycles. The van der Waals surface area contributed by atoms with Gasteiger partial charge < -0.3 is 20.2 Å². The lowest BCUT2D eigenvalue weighted by Gasteiger charge is -2.36. The Morgan fingerprint density at radius 3 is 2.42 bits per heavy atom. The van der Waals surface area contributed by atoms with Gasteiger partial charge in [-0.25, -0.2) is 4.79 Å². The van der Waals surface area contributed by atoms with E-state index in [-0.39, 0.29) is 17.4 Å². The van der Waals surface area contributed by atoms with Crippen molar-refractivity contribution in [1.82, 2.24) is 4.90 Å². The molecule has 2 N–H and O–H groups in total. The molecule has 1 aromatic heterocycles. The average Bonchev–Trinajstić information content (AvgIpc) is 3.16. The number of nitrogens with zero attached hydrogens (tertiary/aromatic N) is 2. The molecular weight excluding hydrogens is 354 g/mol. The van der Waals surface area contributed by atoms with Crippen LogP contribution in [0.3, 0.4) is 0 Å². The van der Waals surface area contributed by atoms with Crippen molar-refractivity contribution in [2.45, 2.75) is 6.92 Å². The molecule has 0 unspecified atom stereocenters. The van der Waals surface area contributed by atoms with Crippen molar-refractivity contribution < 1.29 is 19.5 Å². The van der Waals surface area contributed by atoms with Crippen LogP contribution in [0.15, 0.2) is 35.7 Å². The number of carboxylic acids is 1. The Balaban J connectivity index is 1.78. The van der Waals surface area contributed by atoms with E-state index in [2.05, 4.69) is 5.32 Å². The highest BCUT2D eigenvalue weighted by Crippen LogP contribution is 2.26. The molecule has 2 aromatic rings. The first kappa shape index (κ1) is 17.9. The van der Waals surface area contributed by atoms with E-state index in [1.54, 1.807) is 34.5 Å². The van der Waals surface area contributed by atoms with Gasteiger partial charge in [-0.1, -0.05) is 6.07 Å². The molecule has 8 heteroatoms. The molecular formula is C18H19N3O4S. The van der Waals surface area contributed by atoms with Crippen molar-refractivity contribution >= 4 is 40.5 Å². The number of carbonyl (C=O) groups excluding carboxylic acids is 2. The van der Waals surface area contributed by atoms with Crippen molar-refractivity contribution in [3.8, 4) is 0 Å². The largest absolute Gasteiger partial charge is 0.478 e. The van der Waals surface area contributed by atoms with E-state index >= 15 is 0 Å². The number of piperazine rings is 1. The molecule has 0 radical (unpaired) electrons. The number of aromatic carboxylic acids is 1. The second-order valence-electron chi connectivity index (χ2n) is 5.96. The van der Waals surface area contributed by atoms with Gasteiger partial charge in [0.2, 0.25) is 5.91 Å². The van der Waals surface area contributed by atoms with Gasteiger partial charge in [0.05, 0.1) is 16.1 Å². The number of nitrogens with one attached hydrogen (secondary N) is 1. The number of benzene rings is 1. The van der Waals surface area contributed by atoms with E-state index in [4.69, 9.17) is 0 Å². The molecule has 2 amide bonds. The van der Waals surface area contributed by atoms with E-state index in [1.807, 2.05) is 4.90 Å². The molecule has 0 bridgehead atoms. The molecule has 1 saturated heterocycles. The van der Waals surface area contributed by atoms with Crippen molar-refractivity contribution in [3.63, 3.8) is 0 Å². The number of rotatable bonds is 4. The Hall–Kier alpha value is -2.87. The fourth-order valence-electron chi connectivity index (χ4n) is 2.92. The number of amides is 2. The van der Waals surface area contributed by atoms with Crippen LogP contribution in [0.5, 0.6) is 0 Å². The second kappa shape index (κ2) is 7.57. The van der Waals surface area contributed by atoms with Crippen LogP contribution < -0.4 is 10.2 Å². The van der Waals surface area contributed by atoms with Crippen LogP contribution in [0.25, 0.3) is 0 Å². The minimum Gasteiger partial charge on any atom is -0.478 e. The Bertz CT molecular complexity index is 827. The van der Waals surface area contributed by atoms with Gasteiger partial charge in [0, 0.05) is 38.8 Å². The topological polar surface area (TPSA) is 90.0 Å². The van der Waals surface area contributed by atoms with E-state index in [0.29, 0.717) is 42.4 Å². The highest BCUT2D eigenvalue weighted by molar-refractivity contribution is 7.12. The Morgan fingerprint density at radius 1 is 1.12 bits per heavy atom. The van der Waals surface area contributed by atoms with Crippen molar-refractivity contribution in [2.75, 3.05) is 36.4 Å². The van der Waals surface area contributed by atoms with Crippen LogP contribution >= 0.6 is 11.3 Å². The van der Waals surface area contributed by atoms with Crippen LogP contribution in [0, 0.1) is 0 Å². The average molecular weight is 373 g/mol. The van der Waals surface area contributed by atoms with E-state index < -0.39 is 5.97 Å². The van der Waals surface area contributed by atoms with Gasteiger partial charge in [-0.3, -0.25) is 9.59 Å². The fraction of sp³-hybridized carbons (Fsp3) is 0.278. The molecule has 1 aliphatic heterocycles. The summed E-state index contributed by atoms with van der Waals surface area (Å²) in [6, 6.07) is 8.37. The van der Waals surface area contributed by atoms with Gasteiger partial charge in [0.1, 0.15) is 0 Å². The SMILES string of the molecule is CC(=O)N1CCN(c2ccc(NC(=O)c3cccs3)cc2C(=O)O)CC1. The normalized spacial score (nSPS) is 14.2. The predicted octanol–water partition coefficient (Wildman–Crippen LogP) is 2.37. The lowest BCUT2D eigenvalue weighted by Crippen LogP contribution is -2.48. The molecule has 26 heavy (non-hydrogen) atoms. The Kier molecular flexibility index (Phi) is 5.22. The van der Waals surface area contributed by atoms with Crippen molar-refractivity contribution in [2.24, 2.45) is 0 Å². The number of thiophene rings is 1. The lowest BCUT2D eigenvalue weighted by atomic mass is 10.1. The first-order valence-corrected chi connectivity index (χ1v) is 9.06. The summed E-state index contributed by atoms with van der Waals surface area (Å²) in [5, 5.41) is 14.1. The molecule has 0 saturated carbocycles. The number of anilines is 2. The van der Waals surface area contributed by atoms with E-state index in [9.17, 15) is 19.5 Å². The molecule has 0 aliphatic carbocycles. The van der Waals surface area contributed by atoms with Gasteiger partial charge in [0.25, 0.3) is 5.91 Å². The van der Waals surface area contributed by atoms with Crippen molar-refractivity contribution in [1.29, 1.82) is 0 Å². The summed E-state index contributed by atoms with van der Waals surface area (Å²) >= 11 is 1.32. The van der Waals surface area contributed by atoms with Crippen molar-refractivity contribution in [3.05, 3.63) is 46.2 Å². The predicted molar refractivity (Wildman–Crippen MR) is 100 cm³/mol. The van der Waals surface area contributed by atoms with Gasteiger partial charge in [-0.05, 0) is 29.6 Å². The van der Waals surface area contributed by atoms with Gasteiger partial charge in [0.15, 0.2) is 0 Å². The van der Waals surface area contributed by atoms with Crippen LogP contribution in [0.2, 0.25) is 0 Å². The first-order valence-electron chi connectivity index (χ1n) is 8.18. The Morgan fingerprint density at radius 2 is 1.85 bits per heavy atom. The fourth-order valence-corrected chi connectivity index (χ4v) is 3.54. The molecule has 0 spiro atoms. The molecule has 3 rings (SSSR count). The third kappa shape index (κ3) is 3.85. The monoisotopic (exact) mass is 373 g/mol. The summed E-state index contributed by atoms with van der Waals surface area (Å²) in [6.45, 7) is 3.79. The van der Waals surface area contributed by atoms with Crippen LogP contribution in [-0.2, 0) is 4.79 Å². The molecule has 1 aliphatic rings. The highest BCUT2D eigenvalue weighted by atomic mass is 32.1. The number of carbonyl (C=O) groups is 3. The van der Waals surface area contributed by atoms with Crippen LogP contribution in [0.1, 0.15) is 27.0 Å². The smallest absolute Gasteiger partial charge is 0.337 e. The van der Waals surface area contributed by atoms with Crippen LogP contribution in [-0.4, -0.2) is 54.0 Å². The van der Waals surface area contributed by atoms with Gasteiger partial charge in [-0.15, -0.1) is 11.3 Å². The Labute approximate surface area is 154 Å². The highest BCUT2D eigenvalue weighted by Gasteiger charge is 2.23. The lowest BCUT2D eigenvalue weighted by molar-refractivity contribution is -0.129. The molecule has 1 fully saturated rings. The maximum Gasteiger partial charge on any atom is 0.337 e. The molecule has 7 nitrogen and oxygen atoms in total. The summed E-state index contributed by atoms with van der Waals surface area (Å²) in [4.78, 5) is 39.5. The summed E-state index contributed by atoms with van der Waals surface area (Å²) in [5.74, 6) is -1.30. The quantitative estimate of drug-likeness (QED) is 0.859. The minimum absolute atomic E-state index is 0.0229. The second-order valence-corrected chi connectivity index (χ2v) is 6.91. The van der Waals surface area contributed by atoms with Gasteiger partial charge >= 0.3 is 5.97 Å². The molecule has 0 atom stereocenters.